The Labute approximate surface area is 88.3 Å². The molecule has 0 radical (unpaired) electrons. The summed E-state index contributed by atoms with van der Waals surface area (Å²) in [6, 6.07) is 5.55. The summed E-state index contributed by atoms with van der Waals surface area (Å²) in [6.07, 6.45) is 4.23. The molecule has 1 aliphatic rings. The molecule has 1 aromatic heterocycles. The summed E-state index contributed by atoms with van der Waals surface area (Å²) in [5, 5.41) is 12.2. The Morgan fingerprint density at radius 3 is 2.80 bits per heavy atom. The van der Waals surface area contributed by atoms with Gasteiger partial charge < -0.3 is 10.4 Å². The molecule has 4 nitrogen and oxygen atoms in total. The maximum atomic E-state index is 11.1. The third-order valence-corrected chi connectivity index (χ3v) is 3.04. The van der Waals surface area contributed by atoms with Gasteiger partial charge in [0.2, 0.25) is 0 Å². The number of anilines is 1. The minimum atomic E-state index is -0.697. The highest BCUT2D eigenvalue weighted by atomic mass is 16.4. The van der Waals surface area contributed by atoms with E-state index in [4.69, 9.17) is 5.11 Å². The lowest BCUT2D eigenvalue weighted by Crippen LogP contribution is -2.43. The van der Waals surface area contributed by atoms with Gasteiger partial charge in [0.15, 0.2) is 0 Å². The second kappa shape index (κ2) is 3.88. The van der Waals surface area contributed by atoms with Crippen molar-refractivity contribution in [2.45, 2.75) is 19.3 Å². The van der Waals surface area contributed by atoms with Crippen molar-refractivity contribution in [1.82, 2.24) is 4.98 Å². The van der Waals surface area contributed by atoms with Crippen molar-refractivity contribution in [1.29, 1.82) is 0 Å². The summed E-state index contributed by atoms with van der Waals surface area (Å²) in [5.74, 6) is 0.0437. The van der Waals surface area contributed by atoms with Crippen LogP contribution >= 0.6 is 0 Å². The summed E-state index contributed by atoms with van der Waals surface area (Å²) in [7, 11) is 0. The average Bonchev–Trinajstić information content (AvgIpc) is 2.17. The highest BCUT2D eigenvalue weighted by Crippen LogP contribution is 2.41. The van der Waals surface area contributed by atoms with Crippen LogP contribution in [-0.4, -0.2) is 22.6 Å². The molecule has 80 valence electrons. The van der Waals surface area contributed by atoms with Gasteiger partial charge in [-0.3, -0.25) is 4.79 Å². The third-order valence-electron chi connectivity index (χ3n) is 3.04. The van der Waals surface area contributed by atoms with Crippen molar-refractivity contribution in [2.24, 2.45) is 5.41 Å². The van der Waals surface area contributed by atoms with E-state index in [2.05, 4.69) is 10.3 Å². The number of aliphatic carboxylic acids is 1. The number of hydrogen-bond acceptors (Lipinski definition) is 3. The number of aromatic nitrogens is 1. The topological polar surface area (TPSA) is 62.2 Å². The standard InChI is InChI=1S/C11H14N2O2/c14-10(15)11(5-3-6-11)8-13-9-4-1-2-7-12-9/h1-2,4,7H,3,5-6,8H2,(H,12,13)(H,14,15). The van der Waals surface area contributed by atoms with Crippen LogP contribution in [0.5, 0.6) is 0 Å². The number of carboxylic acid groups (broad SMARTS) is 1. The summed E-state index contributed by atoms with van der Waals surface area (Å²) in [5.41, 5.74) is -0.558. The zero-order valence-electron chi connectivity index (χ0n) is 8.44. The van der Waals surface area contributed by atoms with Crippen molar-refractivity contribution in [3.63, 3.8) is 0 Å². The van der Waals surface area contributed by atoms with E-state index in [1.807, 2.05) is 18.2 Å². The Hall–Kier alpha value is -1.58. The summed E-state index contributed by atoms with van der Waals surface area (Å²) >= 11 is 0. The Morgan fingerprint density at radius 2 is 2.33 bits per heavy atom. The van der Waals surface area contributed by atoms with Crippen LogP contribution in [0.15, 0.2) is 24.4 Å². The van der Waals surface area contributed by atoms with E-state index in [0.29, 0.717) is 6.54 Å². The summed E-state index contributed by atoms with van der Waals surface area (Å²) in [6.45, 7) is 0.472. The van der Waals surface area contributed by atoms with Gasteiger partial charge in [0, 0.05) is 12.7 Å². The lowest BCUT2D eigenvalue weighted by molar-refractivity contribution is -0.153. The number of nitrogens with zero attached hydrogens (tertiary/aromatic N) is 1. The van der Waals surface area contributed by atoms with Crippen LogP contribution in [0.3, 0.4) is 0 Å². The molecular weight excluding hydrogens is 192 g/mol. The van der Waals surface area contributed by atoms with E-state index in [1.54, 1.807) is 6.20 Å². The zero-order chi connectivity index (χ0) is 10.7. The number of pyridine rings is 1. The maximum absolute atomic E-state index is 11.1. The van der Waals surface area contributed by atoms with Gasteiger partial charge in [-0.2, -0.15) is 0 Å². The average molecular weight is 206 g/mol. The second-order valence-corrected chi connectivity index (χ2v) is 4.01. The minimum absolute atomic E-state index is 0.472. The third kappa shape index (κ3) is 1.93. The second-order valence-electron chi connectivity index (χ2n) is 4.01. The first kappa shape index (κ1) is 9.96. The van der Waals surface area contributed by atoms with E-state index in [1.165, 1.54) is 0 Å². The summed E-state index contributed by atoms with van der Waals surface area (Å²) < 4.78 is 0. The molecule has 1 saturated carbocycles. The molecule has 0 bridgehead atoms. The van der Waals surface area contributed by atoms with Gasteiger partial charge in [-0.1, -0.05) is 12.5 Å². The molecule has 4 heteroatoms. The van der Waals surface area contributed by atoms with Crippen LogP contribution in [0.4, 0.5) is 5.82 Å². The van der Waals surface area contributed by atoms with E-state index >= 15 is 0 Å². The Kier molecular flexibility index (Phi) is 2.58. The number of carbonyl (C=O) groups is 1. The van der Waals surface area contributed by atoms with E-state index in [-0.39, 0.29) is 0 Å². The lowest BCUT2D eigenvalue weighted by atomic mass is 9.69. The molecule has 2 rings (SSSR count). The largest absolute Gasteiger partial charge is 0.481 e. The molecule has 1 aromatic rings. The predicted octanol–water partition coefficient (Wildman–Crippen LogP) is 1.75. The summed E-state index contributed by atoms with van der Waals surface area (Å²) in [4.78, 5) is 15.2. The fraction of sp³-hybridized carbons (Fsp3) is 0.455. The van der Waals surface area contributed by atoms with Gasteiger partial charge in [-0.05, 0) is 25.0 Å². The number of rotatable bonds is 4. The molecule has 1 fully saturated rings. The Balaban J connectivity index is 1.95. The van der Waals surface area contributed by atoms with Gasteiger partial charge >= 0.3 is 5.97 Å². The highest BCUT2D eigenvalue weighted by molar-refractivity contribution is 5.76. The molecule has 0 aromatic carbocycles. The molecule has 0 unspecified atom stereocenters. The first-order chi connectivity index (χ1) is 7.23. The van der Waals surface area contributed by atoms with E-state index in [9.17, 15) is 4.79 Å². The van der Waals surface area contributed by atoms with Crippen molar-refractivity contribution >= 4 is 11.8 Å². The predicted molar refractivity (Wildman–Crippen MR) is 56.6 cm³/mol. The molecule has 1 heterocycles. The molecule has 0 atom stereocenters. The molecule has 0 spiro atoms. The number of carboxylic acids is 1. The first-order valence-corrected chi connectivity index (χ1v) is 5.11. The van der Waals surface area contributed by atoms with Crippen LogP contribution in [0.25, 0.3) is 0 Å². The fourth-order valence-electron chi connectivity index (χ4n) is 1.80. The normalized spacial score (nSPS) is 17.9. The monoisotopic (exact) mass is 206 g/mol. The van der Waals surface area contributed by atoms with Crippen molar-refractivity contribution in [2.75, 3.05) is 11.9 Å². The van der Waals surface area contributed by atoms with Crippen LogP contribution in [0, 0.1) is 5.41 Å². The van der Waals surface area contributed by atoms with Crippen LogP contribution < -0.4 is 5.32 Å². The quantitative estimate of drug-likeness (QED) is 0.787. The SMILES string of the molecule is O=C(O)C1(CNc2ccccn2)CCC1. The van der Waals surface area contributed by atoms with Crippen LogP contribution in [0.1, 0.15) is 19.3 Å². The lowest BCUT2D eigenvalue weighted by Gasteiger charge is -2.37. The number of nitrogens with one attached hydrogen (secondary N) is 1. The van der Waals surface area contributed by atoms with Crippen LogP contribution in [0.2, 0.25) is 0 Å². The molecule has 0 aliphatic heterocycles. The molecular formula is C11H14N2O2. The molecule has 0 amide bonds. The molecule has 0 saturated heterocycles. The van der Waals surface area contributed by atoms with Gasteiger partial charge in [-0.25, -0.2) is 4.98 Å². The maximum Gasteiger partial charge on any atom is 0.311 e. The Bertz CT molecular complexity index is 347. The zero-order valence-corrected chi connectivity index (χ0v) is 8.44. The molecule has 1 aliphatic carbocycles. The van der Waals surface area contributed by atoms with Crippen molar-refractivity contribution in [3.8, 4) is 0 Å². The van der Waals surface area contributed by atoms with Crippen LogP contribution in [-0.2, 0) is 4.79 Å². The van der Waals surface area contributed by atoms with Gasteiger partial charge in [0.05, 0.1) is 5.41 Å². The van der Waals surface area contributed by atoms with Crippen molar-refractivity contribution in [3.05, 3.63) is 24.4 Å². The van der Waals surface area contributed by atoms with E-state index < -0.39 is 11.4 Å². The molecule has 15 heavy (non-hydrogen) atoms. The fourth-order valence-corrected chi connectivity index (χ4v) is 1.80. The minimum Gasteiger partial charge on any atom is -0.481 e. The molecule has 2 N–H and O–H groups in total. The van der Waals surface area contributed by atoms with Gasteiger partial charge in [0.1, 0.15) is 5.82 Å². The highest BCUT2D eigenvalue weighted by Gasteiger charge is 2.44. The number of hydrogen-bond donors (Lipinski definition) is 2. The van der Waals surface area contributed by atoms with Gasteiger partial charge in [-0.15, -0.1) is 0 Å². The Morgan fingerprint density at radius 1 is 1.53 bits per heavy atom. The first-order valence-electron chi connectivity index (χ1n) is 5.11. The van der Waals surface area contributed by atoms with E-state index in [0.717, 1.165) is 25.1 Å². The van der Waals surface area contributed by atoms with Crippen molar-refractivity contribution < 1.29 is 9.90 Å². The van der Waals surface area contributed by atoms with Gasteiger partial charge in [0.25, 0.3) is 0 Å². The smallest absolute Gasteiger partial charge is 0.311 e.